The number of carbonyl (C=O) groups is 1. The van der Waals surface area contributed by atoms with Crippen molar-refractivity contribution in [3.63, 3.8) is 0 Å². The van der Waals surface area contributed by atoms with Gasteiger partial charge in [-0.15, -0.1) is 0 Å². The minimum absolute atomic E-state index is 0.254. The van der Waals surface area contributed by atoms with Crippen LogP contribution in [0.2, 0.25) is 0 Å². The van der Waals surface area contributed by atoms with Gasteiger partial charge in [0.2, 0.25) is 0 Å². The van der Waals surface area contributed by atoms with E-state index in [-0.39, 0.29) is 5.97 Å². The number of aromatic nitrogens is 1. The molecule has 0 bridgehead atoms. The molecule has 0 aliphatic heterocycles. The van der Waals surface area contributed by atoms with E-state index in [1.807, 2.05) is 39.0 Å². The molecule has 0 radical (unpaired) electrons. The van der Waals surface area contributed by atoms with E-state index in [1.165, 1.54) is 5.56 Å². The number of benzene rings is 1. The lowest BCUT2D eigenvalue weighted by Gasteiger charge is -2.07. The number of fused-ring (bicyclic) bond motifs is 1. The van der Waals surface area contributed by atoms with E-state index >= 15 is 0 Å². The van der Waals surface area contributed by atoms with E-state index in [0.717, 1.165) is 16.6 Å². The highest BCUT2D eigenvalue weighted by Gasteiger charge is 2.11. The molecule has 2 aromatic rings. The summed E-state index contributed by atoms with van der Waals surface area (Å²) >= 11 is 0. The number of ether oxygens (including phenoxy) is 1. The van der Waals surface area contributed by atoms with Gasteiger partial charge < -0.3 is 9.72 Å². The zero-order valence-electron chi connectivity index (χ0n) is 11.3. The lowest BCUT2D eigenvalue weighted by atomic mass is 10.1. The quantitative estimate of drug-likeness (QED) is 0.839. The zero-order chi connectivity index (χ0) is 13.3. The number of aryl methyl sites for hydroxylation is 2. The van der Waals surface area contributed by atoms with Crippen LogP contribution in [0.5, 0.6) is 0 Å². The maximum absolute atomic E-state index is 11.8. The Bertz CT molecular complexity index is 581. The van der Waals surface area contributed by atoms with Crippen molar-refractivity contribution in [1.82, 2.24) is 4.98 Å². The van der Waals surface area contributed by atoms with Crippen LogP contribution in [0.25, 0.3) is 10.9 Å². The fraction of sp³-hybridized carbons (Fsp3) is 0.400. The molecule has 0 aliphatic rings. The average molecular weight is 245 g/mol. The maximum Gasteiger partial charge on any atom is 0.338 e. The van der Waals surface area contributed by atoms with Crippen LogP contribution in [0.1, 0.15) is 35.5 Å². The lowest BCUT2D eigenvalue weighted by molar-refractivity contribution is 0.0459. The molecule has 0 fully saturated rings. The second-order valence-corrected chi connectivity index (χ2v) is 5.13. The summed E-state index contributed by atoms with van der Waals surface area (Å²) in [5.74, 6) is 0.100. The summed E-state index contributed by atoms with van der Waals surface area (Å²) < 4.78 is 5.22. The van der Waals surface area contributed by atoms with Crippen molar-refractivity contribution in [2.24, 2.45) is 5.92 Å². The van der Waals surface area contributed by atoms with Crippen LogP contribution in [0.3, 0.4) is 0 Å². The van der Waals surface area contributed by atoms with E-state index in [2.05, 4.69) is 11.9 Å². The molecule has 1 aromatic heterocycles. The molecule has 0 unspecified atom stereocenters. The Morgan fingerprint density at radius 1 is 1.33 bits per heavy atom. The van der Waals surface area contributed by atoms with Crippen LogP contribution in [0, 0.1) is 19.8 Å². The van der Waals surface area contributed by atoms with Gasteiger partial charge in [-0.2, -0.15) is 0 Å². The molecular weight excluding hydrogens is 226 g/mol. The summed E-state index contributed by atoms with van der Waals surface area (Å²) in [5.41, 5.74) is 3.96. The Morgan fingerprint density at radius 2 is 2.06 bits per heavy atom. The fourth-order valence-corrected chi connectivity index (χ4v) is 1.93. The molecule has 0 amide bonds. The van der Waals surface area contributed by atoms with Crippen LogP contribution in [-0.2, 0) is 4.74 Å². The summed E-state index contributed by atoms with van der Waals surface area (Å²) in [7, 11) is 0. The van der Waals surface area contributed by atoms with E-state index in [0.29, 0.717) is 18.1 Å². The van der Waals surface area contributed by atoms with Gasteiger partial charge >= 0.3 is 5.97 Å². The summed E-state index contributed by atoms with van der Waals surface area (Å²) in [6.07, 6.45) is 0. The third kappa shape index (κ3) is 2.40. The monoisotopic (exact) mass is 245 g/mol. The highest BCUT2D eigenvalue weighted by atomic mass is 16.5. The minimum atomic E-state index is -0.254. The molecule has 96 valence electrons. The van der Waals surface area contributed by atoms with Gasteiger partial charge in [0.05, 0.1) is 12.2 Å². The third-order valence-electron chi connectivity index (χ3n) is 3.09. The second-order valence-electron chi connectivity index (χ2n) is 5.13. The predicted molar refractivity (Wildman–Crippen MR) is 72.9 cm³/mol. The molecule has 2 rings (SSSR count). The topological polar surface area (TPSA) is 42.1 Å². The number of hydrogen-bond acceptors (Lipinski definition) is 2. The Morgan fingerprint density at radius 3 is 2.72 bits per heavy atom. The van der Waals surface area contributed by atoms with E-state index in [9.17, 15) is 4.79 Å². The largest absolute Gasteiger partial charge is 0.462 e. The molecular formula is C15H19NO2. The van der Waals surface area contributed by atoms with Crippen molar-refractivity contribution >= 4 is 16.9 Å². The summed E-state index contributed by atoms with van der Waals surface area (Å²) in [6.45, 7) is 8.61. The van der Waals surface area contributed by atoms with Gasteiger partial charge in [0, 0.05) is 16.6 Å². The van der Waals surface area contributed by atoms with Crippen LogP contribution in [-0.4, -0.2) is 17.6 Å². The third-order valence-corrected chi connectivity index (χ3v) is 3.09. The van der Waals surface area contributed by atoms with Crippen molar-refractivity contribution in [2.45, 2.75) is 27.7 Å². The Labute approximate surface area is 107 Å². The normalized spacial score (nSPS) is 11.2. The number of esters is 1. The molecule has 1 heterocycles. The minimum Gasteiger partial charge on any atom is -0.462 e. The van der Waals surface area contributed by atoms with Gasteiger partial charge in [-0.05, 0) is 37.5 Å². The lowest BCUT2D eigenvalue weighted by Crippen LogP contribution is -2.10. The molecule has 1 aromatic carbocycles. The summed E-state index contributed by atoms with van der Waals surface area (Å²) in [4.78, 5) is 15.1. The molecule has 0 atom stereocenters. The molecule has 3 nitrogen and oxygen atoms in total. The van der Waals surface area contributed by atoms with Gasteiger partial charge in [-0.1, -0.05) is 19.9 Å². The van der Waals surface area contributed by atoms with Gasteiger partial charge in [-0.25, -0.2) is 4.79 Å². The molecule has 0 aliphatic carbocycles. The van der Waals surface area contributed by atoms with Crippen molar-refractivity contribution in [1.29, 1.82) is 0 Å². The molecule has 0 saturated carbocycles. The molecule has 18 heavy (non-hydrogen) atoms. The summed E-state index contributed by atoms with van der Waals surface area (Å²) in [6, 6.07) is 5.66. The first kappa shape index (κ1) is 12.7. The number of H-pyrrole nitrogens is 1. The Kier molecular flexibility index (Phi) is 3.41. The van der Waals surface area contributed by atoms with E-state index < -0.39 is 0 Å². The smallest absolute Gasteiger partial charge is 0.338 e. The van der Waals surface area contributed by atoms with Crippen LogP contribution < -0.4 is 0 Å². The fourth-order valence-electron chi connectivity index (χ4n) is 1.93. The van der Waals surface area contributed by atoms with Crippen molar-refractivity contribution in [2.75, 3.05) is 6.61 Å². The SMILES string of the molecule is Cc1[nH]c2cc(C(=O)OCC(C)C)ccc2c1C. The zero-order valence-corrected chi connectivity index (χ0v) is 11.3. The first-order chi connectivity index (χ1) is 8.49. The number of nitrogens with one attached hydrogen (secondary N) is 1. The van der Waals surface area contributed by atoms with Gasteiger partial charge in [-0.3, -0.25) is 0 Å². The number of hydrogen-bond donors (Lipinski definition) is 1. The molecule has 1 N–H and O–H groups in total. The Hall–Kier alpha value is -1.77. The Balaban J connectivity index is 2.27. The van der Waals surface area contributed by atoms with Crippen molar-refractivity contribution in [3.8, 4) is 0 Å². The first-order valence-electron chi connectivity index (χ1n) is 6.25. The van der Waals surface area contributed by atoms with Crippen molar-refractivity contribution in [3.05, 3.63) is 35.0 Å². The second kappa shape index (κ2) is 4.84. The highest BCUT2D eigenvalue weighted by Crippen LogP contribution is 2.22. The number of aromatic amines is 1. The van der Waals surface area contributed by atoms with Crippen LogP contribution in [0.15, 0.2) is 18.2 Å². The molecule has 0 saturated heterocycles. The van der Waals surface area contributed by atoms with E-state index in [4.69, 9.17) is 4.74 Å². The number of carbonyl (C=O) groups excluding carboxylic acids is 1. The molecule has 0 spiro atoms. The van der Waals surface area contributed by atoms with Crippen molar-refractivity contribution < 1.29 is 9.53 Å². The first-order valence-corrected chi connectivity index (χ1v) is 6.25. The maximum atomic E-state index is 11.8. The van der Waals surface area contributed by atoms with Crippen LogP contribution >= 0.6 is 0 Å². The standard InChI is InChI=1S/C15H19NO2/c1-9(2)8-18-15(17)12-5-6-13-10(3)11(4)16-14(13)7-12/h5-7,9,16H,8H2,1-4H3. The molecule has 3 heteroatoms. The highest BCUT2D eigenvalue weighted by molar-refractivity contribution is 5.95. The average Bonchev–Trinajstić information content (AvgIpc) is 2.61. The van der Waals surface area contributed by atoms with Gasteiger partial charge in [0.15, 0.2) is 0 Å². The van der Waals surface area contributed by atoms with Crippen LogP contribution in [0.4, 0.5) is 0 Å². The number of rotatable bonds is 3. The van der Waals surface area contributed by atoms with Gasteiger partial charge in [0.25, 0.3) is 0 Å². The van der Waals surface area contributed by atoms with Gasteiger partial charge in [0.1, 0.15) is 0 Å². The predicted octanol–water partition coefficient (Wildman–Crippen LogP) is 3.60. The van der Waals surface area contributed by atoms with E-state index in [1.54, 1.807) is 0 Å². The summed E-state index contributed by atoms with van der Waals surface area (Å²) in [5, 5.41) is 1.16.